The molecule has 144 valence electrons. The van der Waals surface area contributed by atoms with Gasteiger partial charge in [-0.05, 0) is 12.1 Å². The highest BCUT2D eigenvalue weighted by atomic mass is 16.6. The molecule has 2 aliphatic rings. The summed E-state index contributed by atoms with van der Waals surface area (Å²) in [5.74, 6) is 2.42. The van der Waals surface area contributed by atoms with Gasteiger partial charge in [0.15, 0.2) is 11.5 Å². The van der Waals surface area contributed by atoms with E-state index < -0.39 is 0 Å². The summed E-state index contributed by atoms with van der Waals surface area (Å²) >= 11 is 0. The average molecular weight is 371 g/mol. The maximum atomic E-state index is 12.5. The molecule has 1 aromatic carbocycles. The van der Waals surface area contributed by atoms with Crippen molar-refractivity contribution in [3.8, 4) is 11.5 Å². The predicted molar refractivity (Wildman–Crippen MR) is 99.8 cm³/mol. The number of piperazine rings is 1. The molecular formula is C19H25N5O3. The molecule has 0 radical (unpaired) electrons. The molecule has 1 fully saturated rings. The molecule has 4 rings (SSSR count). The van der Waals surface area contributed by atoms with Crippen LogP contribution in [0.4, 0.5) is 0 Å². The highest BCUT2D eigenvalue weighted by Gasteiger charge is 2.28. The van der Waals surface area contributed by atoms with Gasteiger partial charge in [0.2, 0.25) is 5.91 Å². The van der Waals surface area contributed by atoms with Gasteiger partial charge in [0.25, 0.3) is 0 Å². The zero-order valence-electron chi connectivity index (χ0n) is 15.4. The molecule has 1 saturated heterocycles. The monoisotopic (exact) mass is 371 g/mol. The summed E-state index contributed by atoms with van der Waals surface area (Å²) in [5, 5.41) is 6.36. The summed E-state index contributed by atoms with van der Waals surface area (Å²) in [4.78, 5) is 19.1. The molecule has 1 amide bonds. The van der Waals surface area contributed by atoms with Gasteiger partial charge in [0.05, 0.1) is 19.1 Å². The lowest BCUT2D eigenvalue weighted by Gasteiger charge is -2.35. The van der Waals surface area contributed by atoms with Crippen LogP contribution in [-0.2, 0) is 11.8 Å². The van der Waals surface area contributed by atoms with Crippen molar-refractivity contribution in [2.75, 3.05) is 39.3 Å². The number of rotatable bonds is 5. The lowest BCUT2D eigenvalue weighted by molar-refractivity contribution is -0.123. The minimum atomic E-state index is -0.183. The number of carbonyl (C=O) groups excluding carboxylic acids is 1. The van der Waals surface area contributed by atoms with E-state index in [-0.39, 0.29) is 18.1 Å². The highest BCUT2D eigenvalue weighted by Crippen LogP contribution is 2.30. The Morgan fingerprint density at radius 1 is 1.37 bits per heavy atom. The summed E-state index contributed by atoms with van der Waals surface area (Å²) < 4.78 is 13.6. The Morgan fingerprint density at radius 3 is 3.04 bits per heavy atom. The predicted octanol–water partition coefficient (Wildman–Crippen LogP) is 0.323. The van der Waals surface area contributed by atoms with Crippen molar-refractivity contribution < 1.29 is 14.3 Å². The van der Waals surface area contributed by atoms with E-state index in [0.717, 1.165) is 37.0 Å². The number of imidazole rings is 1. The molecular weight excluding hydrogens is 346 g/mol. The van der Waals surface area contributed by atoms with E-state index in [2.05, 4.69) is 20.5 Å². The topological polar surface area (TPSA) is 80.7 Å². The quantitative estimate of drug-likeness (QED) is 0.788. The van der Waals surface area contributed by atoms with Gasteiger partial charge in [-0.1, -0.05) is 12.1 Å². The van der Waals surface area contributed by atoms with E-state index in [0.29, 0.717) is 19.7 Å². The van der Waals surface area contributed by atoms with Gasteiger partial charge in [-0.15, -0.1) is 0 Å². The van der Waals surface area contributed by atoms with Crippen molar-refractivity contribution in [1.82, 2.24) is 25.1 Å². The van der Waals surface area contributed by atoms with Crippen LogP contribution in [0.15, 0.2) is 36.7 Å². The standard InChI is InChI=1S/C19H25N5O3/c1-23-8-7-21-19(23)15-11-20-6-9-24(15)12-18(25)22-10-14-13-26-16-4-2-3-5-17(16)27-14/h2-5,7-8,14-15,20H,6,9-13H2,1H3,(H,22,25). The van der Waals surface area contributed by atoms with Crippen LogP contribution in [0.25, 0.3) is 0 Å². The Hall–Kier alpha value is -2.58. The number of para-hydroxylation sites is 2. The van der Waals surface area contributed by atoms with Crippen LogP contribution in [0.2, 0.25) is 0 Å². The third-order valence-corrected chi connectivity index (χ3v) is 4.95. The molecule has 0 saturated carbocycles. The van der Waals surface area contributed by atoms with Gasteiger partial charge >= 0.3 is 0 Å². The Morgan fingerprint density at radius 2 is 2.22 bits per heavy atom. The van der Waals surface area contributed by atoms with E-state index in [4.69, 9.17) is 9.47 Å². The first-order valence-electron chi connectivity index (χ1n) is 9.28. The normalized spacial score (nSPS) is 22.4. The van der Waals surface area contributed by atoms with Crippen LogP contribution in [0, 0.1) is 0 Å². The zero-order valence-corrected chi connectivity index (χ0v) is 15.4. The van der Waals surface area contributed by atoms with E-state index in [1.165, 1.54) is 0 Å². The molecule has 2 N–H and O–H groups in total. The first kappa shape index (κ1) is 17.8. The molecule has 0 aliphatic carbocycles. The van der Waals surface area contributed by atoms with Crippen LogP contribution < -0.4 is 20.1 Å². The zero-order chi connectivity index (χ0) is 18.6. The molecule has 2 unspecified atom stereocenters. The van der Waals surface area contributed by atoms with Gasteiger partial charge < -0.3 is 24.7 Å². The Bertz CT molecular complexity index is 793. The second kappa shape index (κ2) is 7.98. The second-order valence-corrected chi connectivity index (χ2v) is 6.89. The molecule has 2 aliphatic heterocycles. The second-order valence-electron chi connectivity index (χ2n) is 6.89. The minimum Gasteiger partial charge on any atom is -0.486 e. The smallest absolute Gasteiger partial charge is 0.234 e. The minimum absolute atomic E-state index is 0.0152. The molecule has 3 heterocycles. The number of fused-ring (bicyclic) bond motifs is 1. The molecule has 1 aromatic heterocycles. The fourth-order valence-corrected chi connectivity index (χ4v) is 3.52. The number of ether oxygens (including phenoxy) is 2. The van der Waals surface area contributed by atoms with Crippen molar-refractivity contribution in [3.63, 3.8) is 0 Å². The molecule has 27 heavy (non-hydrogen) atoms. The molecule has 8 nitrogen and oxygen atoms in total. The van der Waals surface area contributed by atoms with Crippen LogP contribution in [0.1, 0.15) is 11.9 Å². The number of hydrogen-bond acceptors (Lipinski definition) is 6. The highest BCUT2D eigenvalue weighted by molar-refractivity contribution is 5.78. The molecule has 8 heteroatoms. The molecule has 0 bridgehead atoms. The number of aryl methyl sites for hydroxylation is 1. The Kier molecular flexibility index (Phi) is 5.26. The van der Waals surface area contributed by atoms with Crippen molar-refractivity contribution >= 4 is 5.91 Å². The first-order valence-corrected chi connectivity index (χ1v) is 9.28. The summed E-state index contributed by atoms with van der Waals surface area (Å²) in [6, 6.07) is 7.67. The maximum absolute atomic E-state index is 12.5. The summed E-state index contributed by atoms with van der Waals surface area (Å²) in [5.41, 5.74) is 0. The molecule has 2 aromatic rings. The van der Waals surface area contributed by atoms with Gasteiger partial charge in [0, 0.05) is 39.1 Å². The van der Waals surface area contributed by atoms with Crippen LogP contribution >= 0.6 is 0 Å². The maximum Gasteiger partial charge on any atom is 0.234 e. The van der Waals surface area contributed by atoms with E-state index in [1.807, 2.05) is 42.1 Å². The van der Waals surface area contributed by atoms with Crippen molar-refractivity contribution in [1.29, 1.82) is 0 Å². The average Bonchev–Trinajstić information content (AvgIpc) is 3.12. The van der Waals surface area contributed by atoms with E-state index in [9.17, 15) is 4.79 Å². The third kappa shape index (κ3) is 4.06. The molecule has 0 spiro atoms. The van der Waals surface area contributed by atoms with Crippen molar-refractivity contribution in [2.45, 2.75) is 12.1 Å². The van der Waals surface area contributed by atoms with Crippen LogP contribution in [-0.4, -0.2) is 65.8 Å². The fourth-order valence-electron chi connectivity index (χ4n) is 3.52. The fraction of sp³-hybridized carbons (Fsp3) is 0.474. The number of amides is 1. The van der Waals surface area contributed by atoms with Gasteiger partial charge in [-0.3, -0.25) is 9.69 Å². The van der Waals surface area contributed by atoms with E-state index in [1.54, 1.807) is 6.20 Å². The van der Waals surface area contributed by atoms with Gasteiger partial charge in [-0.25, -0.2) is 4.98 Å². The Balaban J connectivity index is 1.30. The lowest BCUT2D eigenvalue weighted by Crippen LogP contribution is -2.51. The van der Waals surface area contributed by atoms with Crippen LogP contribution in [0.3, 0.4) is 0 Å². The summed E-state index contributed by atoms with van der Waals surface area (Å²) in [6.45, 7) is 3.65. The molecule has 2 atom stereocenters. The lowest BCUT2D eigenvalue weighted by atomic mass is 10.1. The Labute approximate surface area is 158 Å². The summed E-state index contributed by atoms with van der Waals surface area (Å²) in [7, 11) is 1.98. The van der Waals surface area contributed by atoms with Gasteiger partial charge in [-0.2, -0.15) is 0 Å². The largest absolute Gasteiger partial charge is 0.486 e. The summed E-state index contributed by atoms with van der Waals surface area (Å²) in [6.07, 6.45) is 3.54. The number of hydrogen-bond donors (Lipinski definition) is 2. The number of aromatic nitrogens is 2. The van der Waals surface area contributed by atoms with E-state index >= 15 is 0 Å². The van der Waals surface area contributed by atoms with Gasteiger partial charge in [0.1, 0.15) is 18.5 Å². The number of nitrogens with zero attached hydrogens (tertiary/aromatic N) is 3. The number of nitrogens with one attached hydrogen (secondary N) is 2. The SMILES string of the molecule is Cn1ccnc1C1CNCCN1CC(=O)NCC1COc2ccccc2O1. The van der Waals surface area contributed by atoms with Crippen LogP contribution in [0.5, 0.6) is 11.5 Å². The van der Waals surface area contributed by atoms with Crippen molar-refractivity contribution in [3.05, 3.63) is 42.5 Å². The third-order valence-electron chi connectivity index (χ3n) is 4.95. The first-order chi connectivity index (χ1) is 13.2. The number of benzene rings is 1. The van der Waals surface area contributed by atoms with Crippen molar-refractivity contribution in [2.24, 2.45) is 7.05 Å². The number of carbonyl (C=O) groups is 1.